The van der Waals surface area contributed by atoms with Crippen LogP contribution in [-0.2, 0) is 16.1 Å². The van der Waals surface area contributed by atoms with E-state index in [9.17, 15) is 4.79 Å². The van der Waals surface area contributed by atoms with Crippen LogP contribution in [0.1, 0.15) is 37.7 Å². The van der Waals surface area contributed by atoms with Gasteiger partial charge in [-0.15, -0.1) is 0 Å². The minimum Gasteiger partial charge on any atom is -0.381 e. The van der Waals surface area contributed by atoms with Gasteiger partial charge in [0.05, 0.1) is 6.10 Å². The molecular weight excluding hydrogens is 423 g/mol. The molecule has 1 amide bonds. The molecule has 4 atom stereocenters. The molecule has 2 saturated heterocycles. The summed E-state index contributed by atoms with van der Waals surface area (Å²) in [5.74, 6) is 0.936. The Morgan fingerprint density at radius 1 is 1.20 bits per heavy atom. The monoisotopic (exact) mass is 454 g/mol. The SMILES string of the molecule is COC1CCC2NNC(C(=O)NCC3CCN(Cc4ccc(Cl)cc4Cl)CC3)C2C1. The molecule has 3 fully saturated rings. The molecule has 3 aliphatic rings. The van der Waals surface area contributed by atoms with E-state index in [1.54, 1.807) is 13.2 Å². The number of ether oxygens (including phenoxy) is 1. The third-order valence-electron chi connectivity index (χ3n) is 7.00. The Balaban J connectivity index is 1.20. The van der Waals surface area contributed by atoms with E-state index in [4.69, 9.17) is 27.9 Å². The molecule has 0 bridgehead atoms. The normalized spacial score (nSPS) is 30.2. The Morgan fingerprint density at radius 3 is 2.73 bits per heavy atom. The fraction of sp³-hybridized carbons (Fsp3) is 0.682. The second-order valence-electron chi connectivity index (χ2n) is 8.91. The van der Waals surface area contributed by atoms with Crippen molar-refractivity contribution in [2.75, 3.05) is 26.7 Å². The second kappa shape index (κ2) is 10.2. The van der Waals surface area contributed by atoms with Crippen LogP contribution in [0.15, 0.2) is 18.2 Å². The quantitative estimate of drug-likeness (QED) is 0.616. The van der Waals surface area contributed by atoms with E-state index in [-0.39, 0.29) is 18.1 Å². The van der Waals surface area contributed by atoms with Gasteiger partial charge in [0, 0.05) is 42.2 Å². The number of likely N-dealkylation sites (tertiary alicyclic amines) is 1. The minimum absolute atomic E-state index is 0.113. The predicted molar refractivity (Wildman–Crippen MR) is 119 cm³/mol. The first-order valence-electron chi connectivity index (χ1n) is 11.0. The van der Waals surface area contributed by atoms with E-state index in [2.05, 4.69) is 21.1 Å². The van der Waals surface area contributed by atoms with E-state index in [1.165, 1.54) is 0 Å². The summed E-state index contributed by atoms with van der Waals surface area (Å²) in [4.78, 5) is 15.2. The number of fused-ring (bicyclic) bond motifs is 1. The lowest BCUT2D eigenvalue weighted by Gasteiger charge is -2.33. The van der Waals surface area contributed by atoms with Crippen molar-refractivity contribution in [3.63, 3.8) is 0 Å². The van der Waals surface area contributed by atoms with Crippen molar-refractivity contribution in [2.45, 2.75) is 56.8 Å². The van der Waals surface area contributed by atoms with Crippen LogP contribution in [0.25, 0.3) is 0 Å². The molecule has 4 unspecified atom stereocenters. The maximum absolute atomic E-state index is 12.8. The summed E-state index contributed by atoms with van der Waals surface area (Å²) in [6.45, 7) is 3.63. The maximum atomic E-state index is 12.8. The van der Waals surface area contributed by atoms with Crippen molar-refractivity contribution in [2.24, 2.45) is 11.8 Å². The number of hydrogen-bond acceptors (Lipinski definition) is 5. The van der Waals surface area contributed by atoms with Crippen molar-refractivity contribution in [1.82, 2.24) is 21.1 Å². The average molecular weight is 455 g/mol. The highest BCUT2D eigenvalue weighted by Gasteiger charge is 2.43. The molecule has 1 aliphatic carbocycles. The first kappa shape index (κ1) is 22.3. The molecule has 0 radical (unpaired) electrons. The van der Waals surface area contributed by atoms with Gasteiger partial charge < -0.3 is 10.1 Å². The number of amides is 1. The van der Waals surface area contributed by atoms with Crippen molar-refractivity contribution in [3.8, 4) is 0 Å². The number of halogens is 2. The molecule has 1 aromatic rings. The van der Waals surface area contributed by atoms with Crippen molar-refractivity contribution in [1.29, 1.82) is 0 Å². The van der Waals surface area contributed by atoms with E-state index in [1.807, 2.05) is 12.1 Å². The number of carbonyl (C=O) groups is 1. The lowest BCUT2D eigenvalue weighted by molar-refractivity contribution is -0.124. The van der Waals surface area contributed by atoms with Gasteiger partial charge in [0.2, 0.25) is 5.91 Å². The van der Waals surface area contributed by atoms with Crippen LogP contribution in [0.3, 0.4) is 0 Å². The highest BCUT2D eigenvalue weighted by Crippen LogP contribution is 2.32. The van der Waals surface area contributed by atoms with Gasteiger partial charge in [-0.1, -0.05) is 29.3 Å². The molecule has 30 heavy (non-hydrogen) atoms. The van der Waals surface area contributed by atoms with E-state index >= 15 is 0 Å². The number of carbonyl (C=O) groups excluding carboxylic acids is 1. The van der Waals surface area contributed by atoms with Gasteiger partial charge in [0.25, 0.3) is 0 Å². The Kier molecular flexibility index (Phi) is 7.55. The Morgan fingerprint density at radius 2 is 2.00 bits per heavy atom. The number of nitrogens with one attached hydrogen (secondary N) is 3. The van der Waals surface area contributed by atoms with Crippen molar-refractivity contribution < 1.29 is 9.53 Å². The minimum atomic E-state index is -0.167. The molecule has 0 aromatic heterocycles. The molecule has 3 N–H and O–H groups in total. The Hall–Kier alpha value is -0.890. The van der Waals surface area contributed by atoms with Crippen LogP contribution < -0.4 is 16.2 Å². The van der Waals surface area contributed by atoms with Crippen LogP contribution in [-0.4, -0.2) is 55.7 Å². The largest absolute Gasteiger partial charge is 0.381 e. The Bertz CT molecular complexity index is 742. The van der Waals surface area contributed by atoms with Gasteiger partial charge in [0.1, 0.15) is 6.04 Å². The molecule has 166 valence electrons. The number of hydrogen-bond donors (Lipinski definition) is 3. The summed E-state index contributed by atoms with van der Waals surface area (Å²) in [5.41, 5.74) is 7.66. The predicted octanol–water partition coefficient (Wildman–Crippen LogP) is 2.98. The van der Waals surface area contributed by atoms with E-state index < -0.39 is 0 Å². The zero-order valence-electron chi connectivity index (χ0n) is 17.5. The third kappa shape index (κ3) is 5.29. The first-order valence-corrected chi connectivity index (χ1v) is 11.8. The van der Waals surface area contributed by atoms with Crippen LogP contribution >= 0.6 is 23.2 Å². The van der Waals surface area contributed by atoms with E-state index in [0.717, 1.165) is 68.9 Å². The lowest BCUT2D eigenvalue weighted by Crippen LogP contribution is -2.48. The number of benzene rings is 1. The zero-order chi connectivity index (χ0) is 21.1. The summed E-state index contributed by atoms with van der Waals surface area (Å²) in [5, 5.41) is 4.60. The van der Waals surface area contributed by atoms with Gasteiger partial charge in [-0.25, -0.2) is 5.43 Å². The summed E-state index contributed by atoms with van der Waals surface area (Å²) in [6.07, 6.45) is 5.47. The topological polar surface area (TPSA) is 65.6 Å². The third-order valence-corrected chi connectivity index (χ3v) is 7.59. The zero-order valence-corrected chi connectivity index (χ0v) is 19.0. The van der Waals surface area contributed by atoms with Gasteiger partial charge in [-0.3, -0.25) is 15.1 Å². The molecule has 1 saturated carbocycles. The first-order chi connectivity index (χ1) is 14.5. The maximum Gasteiger partial charge on any atom is 0.238 e. The van der Waals surface area contributed by atoms with Crippen molar-refractivity contribution in [3.05, 3.63) is 33.8 Å². The average Bonchev–Trinajstić information content (AvgIpc) is 3.18. The van der Waals surface area contributed by atoms with Gasteiger partial charge in [0.15, 0.2) is 0 Å². The van der Waals surface area contributed by atoms with E-state index in [0.29, 0.717) is 22.9 Å². The number of methoxy groups -OCH3 is 1. The fourth-order valence-electron chi connectivity index (χ4n) is 5.09. The summed E-state index contributed by atoms with van der Waals surface area (Å²) in [7, 11) is 1.77. The summed E-state index contributed by atoms with van der Waals surface area (Å²) >= 11 is 12.3. The molecule has 0 spiro atoms. The standard InChI is InChI=1S/C22H32Cl2N4O2/c1-30-17-4-5-20-18(11-17)21(27-26-20)22(29)25-12-14-6-8-28(9-7-14)13-15-2-3-16(23)10-19(15)24/h2-3,10,14,17-18,20-21,26-27H,4-9,11-13H2,1H3,(H,25,29). The van der Waals surface area contributed by atoms with Gasteiger partial charge in [-0.2, -0.15) is 0 Å². The van der Waals surface area contributed by atoms with Crippen LogP contribution in [0.2, 0.25) is 10.0 Å². The summed E-state index contributed by atoms with van der Waals surface area (Å²) < 4.78 is 5.54. The molecule has 1 aromatic carbocycles. The second-order valence-corrected chi connectivity index (χ2v) is 9.75. The summed E-state index contributed by atoms with van der Waals surface area (Å²) in [6, 6.07) is 5.91. The Labute approximate surface area is 189 Å². The molecule has 8 heteroatoms. The molecule has 4 rings (SSSR count). The molecular formula is C22H32Cl2N4O2. The fourth-order valence-corrected chi connectivity index (χ4v) is 5.55. The number of rotatable bonds is 6. The van der Waals surface area contributed by atoms with Gasteiger partial charge >= 0.3 is 0 Å². The number of nitrogens with zero attached hydrogens (tertiary/aromatic N) is 1. The number of piperidine rings is 1. The van der Waals surface area contributed by atoms with Crippen molar-refractivity contribution >= 4 is 29.1 Å². The smallest absolute Gasteiger partial charge is 0.238 e. The van der Waals surface area contributed by atoms with Crippen LogP contribution in [0, 0.1) is 11.8 Å². The molecule has 2 aliphatic heterocycles. The highest BCUT2D eigenvalue weighted by molar-refractivity contribution is 6.35. The van der Waals surface area contributed by atoms with Crippen LogP contribution in [0.5, 0.6) is 0 Å². The number of hydrazine groups is 1. The van der Waals surface area contributed by atoms with Gasteiger partial charge in [-0.05, 0) is 68.8 Å². The lowest BCUT2D eigenvalue weighted by atomic mass is 9.80. The molecule has 6 nitrogen and oxygen atoms in total. The molecule has 2 heterocycles. The van der Waals surface area contributed by atoms with Crippen LogP contribution in [0.4, 0.5) is 0 Å². The highest BCUT2D eigenvalue weighted by atomic mass is 35.5.